The molecule has 0 atom stereocenters. The van der Waals surface area contributed by atoms with Crippen LogP contribution < -0.4 is 0 Å². The third-order valence-electron chi connectivity index (χ3n) is 13.2. The molecular formula is C54H29N5. The Morgan fingerprint density at radius 3 is 1.83 bits per heavy atom. The van der Waals surface area contributed by atoms with Gasteiger partial charge in [0.15, 0.2) is 11.3 Å². The first-order valence-corrected chi connectivity index (χ1v) is 20.3. The van der Waals surface area contributed by atoms with Crippen molar-refractivity contribution >= 4 is 120 Å². The fourth-order valence-electron chi connectivity index (χ4n) is 10.9. The first-order chi connectivity index (χ1) is 29.3. The van der Waals surface area contributed by atoms with Gasteiger partial charge in [0, 0.05) is 54.3 Å². The highest BCUT2D eigenvalue weighted by Gasteiger charge is 2.27. The highest BCUT2D eigenvalue weighted by molar-refractivity contribution is 6.33. The molecule has 270 valence electrons. The van der Waals surface area contributed by atoms with Gasteiger partial charge in [-0.15, -0.1) is 0 Å². The molecule has 5 nitrogen and oxygen atoms in total. The molecule has 0 radical (unpaired) electrons. The number of para-hydroxylation sites is 4. The van der Waals surface area contributed by atoms with Gasteiger partial charge in [-0.3, -0.25) is 8.80 Å². The van der Waals surface area contributed by atoms with E-state index in [1.165, 1.54) is 87.1 Å². The average Bonchev–Trinajstić information content (AvgIpc) is 4.08. The van der Waals surface area contributed by atoms with Gasteiger partial charge in [-0.05, 0) is 69.6 Å². The minimum atomic E-state index is 0.890. The molecule has 5 heteroatoms. The van der Waals surface area contributed by atoms with E-state index < -0.39 is 0 Å². The van der Waals surface area contributed by atoms with Crippen LogP contribution in [0.5, 0.6) is 0 Å². The van der Waals surface area contributed by atoms with Crippen LogP contribution in [0.25, 0.3) is 137 Å². The summed E-state index contributed by atoms with van der Waals surface area (Å²) in [4.78, 5) is 11.4. The Hall–Kier alpha value is -8.02. The van der Waals surface area contributed by atoms with E-state index in [1.807, 2.05) is 0 Å². The number of fused-ring (bicyclic) bond motifs is 19. The molecule has 0 amide bonds. The standard InChI is InChI=1S/C54H29N5/c1-2-14-33(15-3-1)57-43-23-9-8-18-37(43)41-28-32(25-26-44(41)57)36-19-10-21-39-47-35-17-7-5-13-31(35)29-42-49-54(59(50(36)39)52(42)47)55-48-40-22-11-20-38-46-34-16-6-4-12-30(34)24-27-45(46)58(51(38)40)53(48)56-49/h1-29H. The molecule has 6 aromatic heterocycles. The molecule has 9 aromatic carbocycles. The van der Waals surface area contributed by atoms with Gasteiger partial charge < -0.3 is 4.57 Å². The summed E-state index contributed by atoms with van der Waals surface area (Å²) in [6.07, 6.45) is 0. The van der Waals surface area contributed by atoms with Gasteiger partial charge in [0.25, 0.3) is 0 Å². The maximum Gasteiger partial charge on any atom is 0.165 e. The lowest BCUT2D eigenvalue weighted by atomic mass is 9.97. The Morgan fingerprint density at radius 1 is 0.339 bits per heavy atom. The van der Waals surface area contributed by atoms with Crippen LogP contribution in [0, 0.1) is 0 Å². The Bertz CT molecular complexity index is 4300. The Kier molecular flexibility index (Phi) is 5.36. The van der Waals surface area contributed by atoms with Crippen LogP contribution in [0.1, 0.15) is 0 Å². The summed E-state index contributed by atoms with van der Waals surface area (Å²) >= 11 is 0. The topological polar surface area (TPSA) is 39.5 Å². The summed E-state index contributed by atoms with van der Waals surface area (Å²) in [5, 5.41) is 14.6. The monoisotopic (exact) mass is 747 g/mol. The maximum atomic E-state index is 5.71. The van der Waals surface area contributed by atoms with E-state index in [0.29, 0.717) is 0 Å². The molecule has 0 aliphatic rings. The summed E-state index contributed by atoms with van der Waals surface area (Å²) in [5.74, 6) is 0. The normalized spacial score (nSPS) is 12.7. The van der Waals surface area contributed by atoms with E-state index in [9.17, 15) is 0 Å². The van der Waals surface area contributed by atoms with Crippen molar-refractivity contribution in [2.24, 2.45) is 0 Å². The number of nitrogens with zero attached hydrogens (tertiary/aromatic N) is 5. The molecule has 0 aliphatic carbocycles. The number of rotatable bonds is 2. The molecule has 0 aliphatic heterocycles. The molecule has 0 bridgehead atoms. The largest absolute Gasteiger partial charge is 0.309 e. The quantitative estimate of drug-likeness (QED) is 0.177. The predicted octanol–water partition coefficient (Wildman–Crippen LogP) is 13.8. The van der Waals surface area contributed by atoms with E-state index >= 15 is 0 Å². The van der Waals surface area contributed by atoms with E-state index in [2.05, 4.69) is 189 Å². The van der Waals surface area contributed by atoms with E-state index in [-0.39, 0.29) is 0 Å². The third-order valence-corrected chi connectivity index (χ3v) is 13.2. The van der Waals surface area contributed by atoms with Gasteiger partial charge in [-0.2, -0.15) is 0 Å². The minimum absolute atomic E-state index is 0.890. The number of benzene rings is 9. The van der Waals surface area contributed by atoms with Gasteiger partial charge in [-0.25, -0.2) is 9.97 Å². The van der Waals surface area contributed by atoms with Crippen LogP contribution in [0.4, 0.5) is 0 Å². The molecule has 15 aromatic rings. The minimum Gasteiger partial charge on any atom is -0.309 e. The van der Waals surface area contributed by atoms with Gasteiger partial charge in [0.1, 0.15) is 11.0 Å². The highest BCUT2D eigenvalue weighted by atomic mass is 15.1. The van der Waals surface area contributed by atoms with Crippen LogP contribution >= 0.6 is 0 Å². The lowest BCUT2D eigenvalue weighted by molar-refractivity contribution is 1.18. The third kappa shape index (κ3) is 3.59. The Labute approximate surface area is 334 Å². The van der Waals surface area contributed by atoms with Gasteiger partial charge >= 0.3 is 0 Å². The van der Waals surface area contributed by atoms with Crippen molar-refractivity contribution in [3.63, 3.8) is 0 Å². The van der Waals surface area contributed by atoms with Crippen molar-refractivity contribution in [2.45, 2.75) is 0 Å². The van der Waals surface area contributed by atoms with Crippen LogP contribution in [0.15, 0.2) is 176 Å². The van der Waals surface area contributed by atoms with Crippen LogP contribution in [-0.4, -0.2) is 23.3 Å². The molecule has 15 rings (SSSR count). The molecule has 0 N–H and O–H groups in total. The van der Waals surface area contributed by atoms with E-state index in [0.717, 1.165) is 49.8 Å². The molecule has 0 fully saturated rings. The number of hydrogen-bond acceptors (Lipinski definition) is 2. The van der Waals surface area contributed by atoms with Crippen LogP contribution in [0.3, 0.4) is 0 Å². The Balaban J connectivity index is 1.10. The van der Waals surface area contributed by atoms with Crippen molar-refractivity contribution in [1.29, 1.82) is 0 Å². The second-order valence-corrected chi connectivity index (χ2v) is 16.1. The molecule has 0 saturated heterocycles. The molecular weight excluding hydrogens is 719 g/mol. The Morgan fingerprint density at radius 2 is 0.966 bits per heavy atom. The highest BCUT2D eigenvalue weighted by Crippen LogP contribution is 2.47. The first kappa shape index (κ1) is 30.2. The molecule has 6 heterocycles. The SMILES string of the molecule is c1ccc(-n2c3ccccc3c3cc(-c4cccc5c6c7ccccc7cc7c8nc9c(nc8n(c45)c76)c4cccc5c6c7ccccc7ccc6n9c45)ccc32)cc1. The molecule has 0 unspecified atom stereocenters. The predicted molar refractivity (Wildman–Crippen MR) is 246 cm³/mol. The van der Waals surface area contributed by atoms with Crippen molar-refractivity contribution in [1.82, 2.24) is 23.3 Å². The van der Waals surface area contributed by atoms with E-state index in [4.69, 9.17) is 9.97 Å². The number of hydrogen-bond donors (Lipinski definition) is 0. The summed E-state index contributed by atoms with van der Waals surface area (Å²) < 4.78 is 7.18. The fraction of sp³-hybridized carbons (Fsp3) is 0. The summed E-state index contributed by atoms with van der Waals surface area (Å²) in [6.45, 7) is 0. The summed E-state index contributed by atoms with van der Waals surface area (Å²) in [5.41, 5.74) is 14.2. The fourth-order valence-corrected chi connectivity index (χ4v) is 10.9. The van der Waals surface area contributed by atoms with Gasteiger partial charge in [0.2, 0.25) is 0 Å². The van der Waals surface area contributed by atoms with Crippen molar-refractivity contribution < 1.29 is 0 Å². The summed E-state index contributed by atoms with van der Waals surface area (Å²) in [6, 6.07) is 64.2. The second kappa shape index (κ2) is 10.5. The van der Waals surface area contributed by atoms with Crippen molar-refractivity contribution in [3.05, 3.63) is 176 Å². The number of aromatic nitrogens is 5. The van der Waals surface area contributed by atoms with Crippen LogP contribution in [0.2, 0.25) is 0 Å². The zero-order chi connectivity index (χ0) is 38.1. The van der Waals surface area contributed by atoms with E-state index in [1.54, 1.807) is 0 Å². The maximum absolute atomic E-state index is 5.71. The van der Waals surface area contributed by atoms with Gasteiger partial charge in [-0.1, -0.05) is 133 Å². The second-order valence-electron chi connectivity index (χ2n) is 16.1. The molecule has 0 spiro atoms. The summed E-state index contributed by atoms with van der Waals surface area (Å²) in [7, 11) is 0. The first-order valence-electron chi connectivity index (χ1n) is 20.3. The lowest BCUT2D eigenvalue weighted by Gasteiger charge is -2.09. The van der Waals surface area contributed by atoms with Crippen LogP contribution in [-0.2, 0) is 0 Å². The smallest absolute Gasteiger partial charge is 0.165 e. The average molecular weight is 748 g/mol. The molecule has 0 saturated carbocycles. The van der Waals surface area contributed by atoms with Crippen molar-refractivity contribution in [2.75, 3.05) is 0 Å². The zero-order valence-corrected chi connectivity index (χ0v) is 31.5. The van der Waals surface area contributed by atoms with Gasteiger partial charge in [0.05, 0.1) is 33.1 Å². The molecule has 59 heavy (non-hydrogen) atoms. The van der Waals surface area contributed by atoms with Crippen molar-refractivity contribution in [3.8, 4) is 16.8 Å². The lowest BCUT2D eigenvalue weighted by Crippen LogP contribution is -1.93. The zero-order valence-electron chi connectivity index (χ0n) is 31.5.